The second-order valence-electron chi connectivity index (χ2n) is 8.56. The van der Waals surface area contributed by atoms with Crippen molar-refractivity contribution in [3.05, 3.63) is 71.8 Å². The number of halogens is 2. The van der Waals surface area contributed by atoms with Gasteiger partial charge in [0.25, 0.3) is 0 Å². The van der Waals surface area contributed by atoms with Gasteiger partial charge in [-0.2, -0.15) is 0 Å². The third-order valence-electron chi connectivity index (χ3n) is 5.61. The first-order valence-electron chi connectivity index (χ1n) is 11.8. The van der Waals surface area contributed by atoms with Crippen LogP contribution in [-0.4, -0.2) is 25.2 Å². The minimum atomic E-state index is 0. The van der Waals surface area contributed by atoms with Crippen molar-refractivity contribution in [2.45, 2.75) is 83.7 Å². The Labute approximate surface area is 203 Å². The monoisotopic (exact) mass is 466 g/mol. The van der Waals surface area contributed by atoms with E-state index in [1.807, 2.05) is 0 Å². The molecule has 2 rings (SSSR count). The number of hydrogen-bond donors (Lipinski definition) is 2. The molecule has 0 bridgehead atoms. The molecule has 0 saturated carbocycles. The number of rotatable bonds is 16. The molecule has 2 nitrogen and oxygen atoms in total. The lowest BCUT2D eigenvalue weighted by Crippen LogP contribution is -2.29. The zero-order valence-electron chi connectivity index (χ0n) is 19.5. The maximum Gasteiger partial charge on any atom is 0.00791 e. The van der Waals surface area contributed by atoms with Gasteiger partial charge in [0.1, 0.15) is 0 Å². The van der Waals surface area contributed by atoms with Gasteiger partial charge in [-0.05, 0) is 63.7 Å². The number of hydrogen-bond acceptors (Lipinski definition) is 2. The summed E-state index contributed by atoms with van der Waals surface area (Å²) in [5.41, 5.74) is 2.85. The Bertz CT molecular complexity index is 566. The Balaban J connectivity index is 0.00000450. The molecule has 0 aliphatic heterocycles. The molecule has 2 aromatic rings. The Morgan fingerprint density at radius 2 is 0.839 bits per heavy atom. The average Bonchev–Trinajstić information content (AvgIpc) is 2.73. The van der Waals surface area contributed by atoms with Gasteiger partial charge in [-0.25, -0.2) is 0 Å². The molecule has 0 heterocycles. The Morgan fingerprint density at radius 1 is 0.516 bits per heavy atom. The Hall–Kier alpha value is -1.06. The van der Waals surface area contributed by atoms with Crippen LogP contribution < -0.4 is 10.6 Å². The highest BCUT2D eigenvalue weighted by atomic mass is 35.5. The summed E-state index contributed by atoms with van der Waals surface area (Å²) in [5.74, 6) is 0. The van der Waals surface area contributed by atoms with Gasteiger partial charge in [0.15, 0.2) is 0 Å². The molecule has 0 amide bonds. The molecule has 176 valence electrons. The van der Waals surface area contributed by atoms with Crippen molar-refractivity contribution in [1.29, 1.82) is 0 Å². The molecule has 2 unspecified atom stereocenters. The van der Waals surface area contributed by atoms with Crippen LogP contribution in [0.15, 0.2) is 60.7 Å². The molecule has 2 aromatic carbocycles. The van der Waals surface area contributed by atoms with E-state index in [4.69, 9.17) is 0 Å². The molecule has 2 atom stereocenters. The predicted molar refractivity (Wildman–Crippen MR) is 142 cm³/mol. The standard InChI is InChI=1S/C27H42N2.2ClH/c1-24(22-26-16-10-8-11-17-26)28-20-14-6-4-3-5-7-15-21-29-25(2)23-27-18-12-9-13-19-27;;/h8-13,16-19,24-25,28-29H,3-7,14-15,20-23H2,1-2H3;2*1H. The molecule has 2 N–H and O–H groups in total. The van der Waals surface area contributed by atoms with Gasteiger partial charge in [0, 0.05) is 12.1 Å². The van der Waals surface area contributed by atoms with Crippen molar-refractivity contribution in [2.75, 3.05) is 13.1 Å². The van der Waals surface area contributed by atoms with Crippen molar-refractivity contribution >= 4 is 24.8 Å². The first-order valence-corrected chi connectivity index (χ1v) is 11.8. The minimum absolute atomic E-state index is 0. The molecule has 0 fully saturated rings. The second-order valence-corrected chi connectivity index (χ2v) is 8.56. The minimum Gasteiger partial charge on any atom is -0.314 e. The Kier molecular flexibility index (Phi) is 18.9. The van der Waals surface area contributed by atoms with E-state index in [1.165, 1.54) is 56.1 Å². The third kappa shape index (κ3) is 15.4. The van der Waals surface area contributed by atoms with E-state index in [-0.39, 0.29) is 24.8 Å². The summed E-state index contributed by atoms with van der Waals surface area (Å²) >= 11 is 0. The van der Waals surface area contributed by atoms with E-state index in [2.05, 4.69) is 85.1 Å². The van der Waals surface area contributed by atoms with E-state index in [0.29, 0.717) is 12.1 Å². The summed E-state index contributed by atoms with van der Waals surface area (Å²) in [5, 5.41) is 7.34. The van der Waals surface area contributed by atoms with Crippen LogP contribution >= 0.6 is 24.8 Å². The third-order valence-corrected chi connectivity index (χ3v) is 5.61. The first-order chi connectivity index (χ1) is 14.2. The molecule has 4 heteroatoms. The van der Waals surface area contributed by atoms with Crippen LogP contribution in [0.5, 0.6) is 0 Å². The zero-order chi connectivity index (χ0) is 20.6. The second kappa shape index (κ2) is 19.6. The van der Waals surface area contributed by atoms with Gasteiger partial charge in [0.2, 0.25) is 0 Å². The normalized spacial score (nSPS) is 12.5. The fraction of sp³-hybridized carbons (Fsp3) is 0.556. The van der Waals surface area contributed by atoms with Gasteiger partial charge >= 0.3 is 0 Å². The summed E-state index contributed by atoms with van der Waals surface area (Å²) in [6.45, 7) is 6.89. The van der Waals surface area contributed by atoms with Crippen molar-refractivity contribution in [3.63, 3.8) is 0 Å². The first kappa shape index (κ1) is 29.9. The summed E-state index contributed by atoms with van der Waals surface area (Å²) < 4.78 is 0. The summed E-state index contributed by atoms with van der Waals surface area (Å²) in [6.07, 6.45) is 11.7. The van der Waals surface area contributed by atoms with Crippen LogP contribution in [-0.2, 0) is 12.8 Å². The molecule has 0 aliphatic rings. The molecule has 0 aliphatic carbocycles. The smallest absolute Gasteiger partial charge is 0.00791 e. The van der Waals surface area contributed by atoms with Crippen LogP contribution in [0.2, 0.25) is 0 Å². The highest BCUT2D eigenvalue weighted by Crippen LogP contribution is 2.08. The largest absolute Gasteiger partial charge is 0.314 e. The molecule has 0 aromatic heterocycles. The van der Waals surface area contributed by atoms with Crippen molar-refractivity contribution < 1.29 is 0 Å². The van der Waals surface area contributed by atoms with Crippen molar-refractivity contribution in [3.8, 4) is 0 Å². The quantitative estimate of drug-likeness (QED) is 0.260. The van der Waals surface area contributed by atoms with Gasteiger partial charge in [-0.3, -0.25) is 0 Å². The average molecular weight is 468 g/mol. The zero-order valence-corrected chi connectivity index (χ0v) is 21.2. The SMILES string of the molecule is CC(Cc1ccccc1)NCCCCCCCCCNC(C)Cc1ccccc1.Cl.Cl. The van der Waals surface area contributed by atoms with E-state index in [1.54, 1.807) is 0 Å². The van der Waals surface area contributed by atoms with E-state index in [0.717, 1.165) is 25.9 Å². The molecule has 31 heavy (non-hydrogen) atoms. The van der Waals surface area contributed by atoms with Gasteiger partial charge in [0.05, 0.1) is 0 Å². The summed E-state index contributed by atoms with van der Waals surface area (Å²) in [6, 6.07) is 22.7. The van der Waals surface area contributed by atoms with Crippen LogP contribution in [0.25, 0.3) is 0 Å². The van der Waals surface area contributed by atoms with Crippen LogP contribution in [0.4, 0.5) is 0 Å². The predicted octanol–water partition coefficient (Wildman–Crippen LogP) is 7.00. The number of unbranched alkanes of at least 4 members (excludes halogenated alkanes) is 6. The fourth-order valence-electron chi connectivity index (χ4n) is 3.91. The van der Waals surface area contributed by atoms with E-state index >= 15 is 0 Å². The summed E-state index contributed by atoms with van der Waals surface area (Å²) in [4.78, 5) is 0. The lowest BCUT2D eigenvalue weighted by Gasteiger charge is -2.14. The highest BCUT2D eigenvalue weighted by Gasteiger charge is 2.03. The van der Waals surface area contributed by atoms with E-state index < -0.39 is 0 Å². The van der Waals surface area contributed by atoms with Crippen molar-refractivity contribution in [2.24, 2.45) is 0 Å². The van der Waals surface area contributed by atoms with Gasteiger partial charge in [-0.15, -0.1) is 24.8 Å². The number of nitrogens with one attached hydrogen (secondary N) is 2. The van der Waals surface area contributed by atoms with Crippen LogP contribution in [0, 0.1) is 0 Å². The maximum absolute atomic E-state index is 3.67. The van der Waals surface area contributed by atoms with Crippen molar-refractivity contribution in [1.82, 2.24) is 10.6 Å². The molecular formula is C27H44Cl2N2. The molecule has 0 radical (unpaired) electrons. The van der Waals surface area contributed by atoms with Gasteiger partial charge in [-0.1, -0.05) is 92.8 Å². The lowest BCUT2D eigenvalue weighted by atomic mass is 10.1. The summed E-state index contributed by atoms with van der Waals surface area (Å²) in [7, 11) is 0. The molecule has 0 spiro atoms. The highest BCUT2D eigenvalue weighted by molar-refractivity contribution is 5.85. The van der Waals surface area contributed by atoms with Gasteiger partial charge < -0.3 is 10.6 Å². The number of benzene rings is 2. The van der Waals surface area contributed by atoms with E-state index in [9.17, 15) is 0 Å². The fourth-order valence-corrected chi connectivity index (χ4v) is 3.91. The van der Waals surface area contributed by atoms with Crippen LogP contribution in [0.3, 0.4) is 0 Å². The Morgan fingerprint density at radius 3 is 1.19 bits per heavy atom. The van der Waals surface area contributed by atoms with Crippen LogP contribution in [0.1, 0.15) is 69.9 Å². The molecule has 0 saturated heterocycles. The topological polar surface area (TPSA) is 24.1 Å². The lowest BCUT2D eigenvalue weighted by molar-refractivity contribution is 0.496. The molecular weight excluding hydrogens is 423 g/mol. The maximum atomic E-state index is 3.67.